The third-order valence-corrected chi connectivity index (χ3v) is 4.54. The van der Waals surface area contributed by atoms with E-state index in [0.29, 0.717) is 12.6 Å². The van der Waals surface area contributed by atoms with E-state index < -0.39 is 22.9 Å². The Morgan fingerprint density at radius 2 is 1.91 bits per heavy atom. The van der Waals surface area contributed by atoms with Crippen molar-refractivity contribution in [3.63, 3.8) is 0 Å². The topological polar surface area (TPSA) is 23.5 Å². The van der Waals surface area contributed by atoms with Gasteiger partial charge in [-0.1, -0.05) is 6.92 Å². The van der Waals surface area contributed by atoms with Gasteiger partial charge in [-0.05, 0) is 48.7 Å². The van der Waals surface area contributed by atoms with Crippen LogP contribution in [0.3, 0.4) is 0 Å². The number of phenols is 1. The molecule has 23 heavy (non-hydrogen) atoms. The van der Waals surface area contributed by atoms with E-state index in [1.165, 1.54) is 0 Å². The minimum absolute atomic E-state index is 0.0113. The molecule has 1 heterocycles. The lowest BCUT2D eigenvalue weighted by Gasteiger charge is -2.26. The number of anilines is 1. The highest BCUT2D eigenvalue weighted by atomic mass is 19.2. The van der Waals surface area contributed by atoms with Crippen molar-refractivity contribution in [2.24, 2.45) is 0 Å². The number of hydrogen-bond donors (Lipinski definition) is 1. The van der Waals surface area contributed by atoms with Gasteiger partial charge >= 0.3 is 0 Å². The molecule has 0 amide bonds. The standard InChI is InChI=1S/C18H18F3NO/c1-3-22-10-18(2,14-8-13(23)4-5-16(14)22)9-11-6-12(19)7-15(20)17(11)21/h4-8,23H,3,9-10H2,1-2H3. The molecule has 0 aliphatic carbocycles. The molecule has 0 spiro atoms. The summed E-state index contributed by atoms with van der Waals surface area (Å²) in [6.07, 6.45) is 0.153. The second-order valence-electron chi connectivity index (χ2n) is 6.31. The zero-order chi connectivity index (χ0) is 16.8. The Labute approximate surface area is 133 Å². The zero-order valence-corrected chi connectivity index (χ0v) is 13.0. The van der Waals surface area contributed by atoms with Crippen LogP contribution in [0.5, 0.6) is 5.75 Å². The fraction of sp³-hybridized carbons (Fsp3) is 0.333. The molecular weight excluding hydrogens is 303 g/mol. The Hall–Kier alpha value is -2.17. The van der Waals surface area contributed by atoms with Crippen molar-refractivity contribution in [2.75, 3.05) is 18.0 Å². The van der Waals surface area contributed by atoms with Crippen LogP contribution in [0.15, 0.2) is 30.3 Å². The first-order valence-electron chi connectivity index (χ1n) is 7.56. The van der Waals surface area contributed by atoms with E-state index in [0.717, 1.165) is 23.9 Å². The minimum atomic E-state index is -1.18. The molecule has 0 aromatic heterocycles. The van der Waals surface area contributed by atoms with Gasteiger partial charge in [-0.25, -0.2) is 13.2 Å². The van der Waals surface area contributed by atoms with Gasteiger partial charge in [0.1, 0.15) is 11.6 Å². The van der Waals surface area contributed by atoms with Crippen molar-refractivity contribution in [2.45, 2.75) is 25.7 Å². The van der Waals surface area contributed by atoms with Gasteiger partial charge < -0.3 is 10.0 Å². The van der Waals surface area contributed by atoms with Crippen LogP contribution in [0, 0.1) is 17.5 Å². The van der Waals surface area contributed by atoms with Crippen LogP contribution in [-0.2, 0) is 11.8 Å². The average Bonchev–Trinajstić information content (AvgIpc) is 2.76. The molecule has 0 saturated heterocycles. The maximum Gasteiger partial charge on any atom is 0.162 e. The molecule has 5 heteroatoms. The van der Waals surface area contributed by atoms with Gasteiger partial charge in [-0.15, -0.1) is 0 Å². The molecule has 122 valence electrons. The summed E-state index contributed by atoms with van der Waals surface area (Å²) in [4.78, 5) is 2.11. The van der Waals surface area contributed by atoms with Crippen LogP contribution in [0.25, 0.3) is 0 Å². The first-order valence-corrected chi connectivity index (χ1v) is 7.56. The molecule has 0 bridgehead atoms. The smallest absolute Gasteiger partial charge is 0.162 e. The summed E-state index contributed by atoms with van der Waals surface area (Å²) < 4.78 is 41.0. The Morgan fingerprint density at radius 1 is 1.17 bits per heavy atom. The number of nitrogens with zero attached hydrogens (tertiary/aromatic N) is 1. The monoisotopic (exact) mass is 321 g/mol. The molecule has 1 atom stereocenters. The maximum atomic E-state index is 14.0. The van der Waals surface area contributed by atoms with Gasteiger partial charge in [0.15, 0.2) is 11.6 Å². The Bertz CT molecular complexity index is 762. The first kappa shape index (κ1) is 15.7. The lowest BCUT2D eigenvalue weighted by atomic mass is 9.78. The molecule has 3 rings (SSSR count). The fourth-order valence-corrected chi connectivity index (χ4v) is 3.47. The predicted molar refractivity (Wildman–Crippen MR) is 83.4 cm³/mol. The van der Waals surface area contributed by atoms with Gasteiger partial charge in [0.2, 0.25) is 0 Å². The van der Waals surface area contributed by atoms with Gasteiger partial charge in [-0.3, -0.25) is 0 Å². The third kappa shape index (κ3) is 2.64. The number of aromatic hydroxyl groups is 1. The summed E-state index contributed by atoms with van der Waals surface area (Å²) >= 11 is 0. The number of halogens is 3. The Balaban J connectivity index is 2.06. The SMILES string of the molecule is CCN1CC(C)(Cc2cc(F)cc(F)c2F)c2cc(O)ccc21. The van der Waals surface area contributed by atoms with Crippen molar-refractivity contribution < 1.29 is 18.3 Å². The lowest BCUT2D eigenvalue weighted by molar-refractivity contribution is 0.445. The first-order chi connectivity index (χ1) is 10.8. The average molecular weight is 321 g/mol. The van der Waals surface area contributed by atoms with E-state index in [-0.39, 0.29) is 17.7 Å². The summed E-state index contributed by atoms with van der Waals surface area (Å²) in [5.41, 5.74) is 1.30. The van der Waals surface area contributed by atoms with Crippen molar-refractivity contribution in [3.8, 4) is 5.75 Å². The van der Waals surface area contributed by atoms with E-state index in [1.807, 2.05) is 19.9 Å². The van der Waals surface area contributed by atoms with E-state index in [2.05, 4.69) is 4.90 Å². The number of benzene rings is 2. The highest BCUT2D eigenvalue weighted by Gasteiger charge is 2.39. The normalized spacial score (nSPS) is 20.0. The molecule has 0 saturated carbocycles. The van der Waals surface area contributed by atoms with Crippen LogP contribution in [-0.4, -0.2) is 18.2 Å². The Morgan fingerprint density at radius 3 is 2.61 bits per heavy atom. The molecule has 0 radical (unpaired) electrons. The van der Waals surface area contributed by atoms with Crippen molar-refractivity contribution in [1.29, 1.82) is 0 Å². The molecule has 2 aromatic rings. The van der Waals surface area contributed by atoms with Gasteiger partial charge in [0, 0.05) is 30.3 Å². The fourth-order valence-electron chi connectivity index (χ4n) is 3.47. The summed E-state index contributed by atoms with van der Waals surface area (Å²) in [5, 5.41) is 9.78. The summed E-state index contributed by atoms with van der Waals surface area (Å²) in [7, 11) is 0. The molecule has 1 unspecified atom stereocenters. The van der Waals surface area contributed by atoms with Crippen LogP contribution in [0.1, 0.15) is 25.0 Å². The molecule has 1 aliphatic heterocycles. The van der Waals surface area contributed by atoms with Gasteiger partial charge in [0.05, 0.1) is 0 Å². The van der Waals surface area contributed by atoms with Gasteiger partial charge in [0.25, 0.3) is 0 Å². The number of rotatable bonds is 3. The van der Waals surface area contributed by atoms with Crippen LogP contribution in [0.2, 0.25) is 0 Å². The van der Waals surface area contributed by atoms with Crippen LogP contribution >= 0.6 is 0 Å². The highest BCUT2D eigenvalue weighted by molar-refractivity contribution is 5.64. The molecule has 2 nitrogen and oxygen atoms in total. The van der Waals surface area contributed by atoms with Crippen LogP contribution < -0.4 is 4.90 Å². The van der Waals surface area contributed by atoms with E-state index in [4.69, 9.17) is 0 Å². The predicted octanol–water partition coefficient (Wildman–Crippen LogP) is 4.15. The second kappa shape index (κ2) is 5.48. The summed E-state index contributed by atoms with van der Waals surface area (Å²) in [6, 6.07) is 6.67. The third-order valence-electron chi connectivity index (χ3n) is 4.54. The number of phenolic OH excluding ortho intramolecular Hbond substituents is 1. The number of likely N-dealkylation sites (N-methyl/N-ethyl adjacent to an activating group) is 1. The van der Waals surface area contributed by atoms with Crippen LogP contribution in [0.4, 0.5) is 18.9 Å². The second-order valence-corrected chi connectivity index (χ2v) is 6.31. The largest absolute Gasteiger partial charge is 0.508 e. The highest BCUT2D eigenvalue weighted by Crippen LogP contribution is 2.44. The number of hydrogen-bond acceptors (Lipinski definition) is 2. The van der Waals surface area contributed by atoms with Crippen molar-refractivity contribution >= 4 is 5.69 Å². The summed E-state index contributed by atoms with van der Waals surface area (Å²) in [6.45, 7) is 5.28. The molecule has 0 fully saturated rings. The zero-order valence-electron chi connectivity index (χ0n) is 13.0. The molecule has 1 aliphatic rings. The van der Waals surface area contributed by atoms with Crippen molar-refractivity contribution in [1.82, 2.24) is 0 Å². The minimum Gasteiger partial charge on any atom is -0.508 e. The molecule has 2 aromatic carbocycles. The lowest BCUT2D eigenvalue weighted by Crippen LogP contribution is -2.33. The van der Waals surface area contributed by atoms with E-state index >= 15 is 0 Å². The van der Waals surface area contributed by atoms with E-state index in [1.54, 1.807) is 12.1 Å². The van der Waals surface area contributed by atoms with Gasteiger partial charge in [-0.2, -0.15) is 0 Å². The maximum absolute atomic E-state index is 14.0. The molecular formula is C18H18F3NO. The molecule has 1 N–H and O–H groups in total. The Kier molecular flexibility index (Phi) is 3.74. The quantitative estimate of drug-likeness (QED) is 0.859. The van der Waals surface area contributed by atoms with Crippen molar-refractivity contribution in [3.05, 3.63) is 58.9 Å². The number of fused-ring (bicyclic) bond motifs is 1. The van der Waals surface area contributed by atoms with E-state index in [9.17, 15) is 18.3 Å². The summed E-state index contributed by atoms with van der Waals surface area (Å²) in [5.74, 6) is -2.85.